The van der Waals surface area contributed by atoms with Crippen LogP contribution in [0.15, 0.2) is 0 Å². The first-order valence-electron chi connectivity index (χ1n) is 4.36. The molecule has 12 heavy (non-hydrogen) atoms. The van der Waals surface area contributed by atoms with Crippen LogP contribution in [-0.4, -0.2) is 25.3 Å². The van der Waals surface area contributed by atoms with Crippen molar-refractivity contribution in [3.63, 3.8) is 0 Å². The molecule has 0 aromatic heterocycles. The number of carbonyl (C=O) groups is 1. The topological polar surface area (TPSA) is 35.5 Å². The van der Waals surface area contributed by atoms with E-state index in [2.05, 4.69) is 0 Å². The number of hydrogen-bond acceptors (Lipinski definition) is 3. The van der Waals surface area contributed by atoms with Crippen molar-refractivity contribution in [1.29, 1.82) is 0 Å². The van der Waals surface area contributed by atoms with Gasteiger partial charge in [-0.1, -0.05) is 0 Å². The van der Waals surface area contributed by atoms with Crippen LogP contribution in [0.2, 0.25) is 0 Å². The molecule has 0 bridgehead atoms. The van der Waals surface area contributed by atoms with E-state index in [0.717, 1.165) is 0 Å². The van der Waals surface area contributed by atoms with Crippen LogP contribution in [0.5, 0.6) is 0 Å². The Bertz CT molecular complexity index is 132. The van der Waals surface area contributed by atoms with Crippen molar-refractivity contribution in [2.75, 3.05) is 13.2 Å². The number of carbonyl (C=O) groups excluding carboxylic acids is 1. The molecule has 0 heterocycles. The van der Waals surface area contributed by atoms with E-state index < -0.39 is 0 Å². The summed E-state index contributed by atoms with van der Waals surface area (Å²) in [4.78, 5) is 11.1. The van der Waals surface area contributed by atoms with E-state index in [-0.39, 0.29) is 18.0 Å². The molecule has 0 radical (unpaired) electrons. The maximum atomic E-state index is 11.1. The van der Waals surface area contributed by atoms with Crippen LogP contribution in [0.25, 0.3) is 0 Å². The molecule has 0 saturated heterocycles. The van der Waals surface area contributed by atoms with Gasteiger partial charge in [0.1, 0.15) is 0 Å². The third-order valence-electron chi connectivity index (χ3n) is 1.37. The normalized spacial score (nSPS) is 13.1. The standard InChI is InChI=1S/C9H18O3/c1-5-11-9(10)8(4)6-12-7(2)3/h7-8H,5-6H2,1-4H3. The van der Waals surface area contributed by atoms with Crippen LogP contribution in [0.4, 0.5) is 0 Å². The highest BCUT2D eigenvalue weighted by atomic mass is 16.5. The molecule has 72 valence electrons. The molecule has 0 aromatic carbocycles. The summed E-state index contributed by atoms with van der Waals surface area (Å²) in [6, 6.07) is 0. The summed E-state index contributed by atoms with van der Waals surface area (Å²) in [7, 11) is 0. The van der Waals surface area contributed by atoms with Gasteiger partial charge in [0, 0.05) is 0 Å². The van der Waals surface area contributed by atoms with Gasteiger partial charge in [-0.2, -0.15) is 0 Å². The molecule has 3 nitrogen and oxygen atoms in total. The van der Waals surface area contributed by atoms with E-state index >= 15 is 0 Å². The minimum Gasteiger partial charge on any atom is -0.466 e. The Kier molecular flexibility index (Phi) is 5.72. The zero-order chi connectivity index (χ0) is 9.56. The lowest BCUT2D eigenvalue weighted by Crippen LogP contribution is -2.21. The Labute approximate surface area is 74.0 Å². The van der Waals surface area contributed by atoms with Crippen LogP contribution in [0.1, 0.15) is 27.7 Å². The van der Waals surface area contributed by atoms with Crippen LogP contribution in [-0.2, 0) is 14.3 Å². The van der Waals surface area contributed by atoms with Crippen LogP contribution >= 0.6 is 0 Å². The summed E-state index contributed by atoms with van der Waals surface area (Å²) in [5.74, 6) is -0.342. The minimum absolute atomic E-state index is 0.160. The molecule has 0 spiro atoms. The fourth-order valence-electron chi connectivity index (χ4n) is 0.689. The van der Waals surface area contributed by atoms with Crippen LogP contribution in [0.3, 0.4) is 0 Å². The molecule has 3 heteroatoms. The van der Waals surface area contributed by atoms with Gasteiger partial charge in [0.15, 0.2) is 0 Å². The second kappa shape index (κ2) is 6.00. The molecule has 0 aliphatic carbocycles. The number of rotatable bonds is 5. The monoisotopic (exact) mass is 174 g/mol. The molecule has 0 saturated carbocycles. The van der Waals surface area contributed by atoms with E-state index in [9.17, 15) is 4.79 Å². The molecule has 0 amide bonds. The summed E-state index contributed by atoms with van der Waals surface area (Å²) < 4.78 is 10.1. The largest absolute Gasteiger partial charge is 0.466 e. The molecule has 0 fully saturated rings. The molecule has 0 rings (SSSR count). The molecule has 0 aliphatic rings. The molecule has 0 aromatic rings. The molecular formula is C9H18O3. The van der Waals surface area contributed by atoms with Gasteiger partial charge in [0.05, 0.1) is 25.2 Å². The Balaban J connectivity index is 3.56. The molecule has 1 unspecified atom stereocenters. The Morgan fingerprint density at radius 3 is 2.33 bits per heavy atom. The average Bonchev–Trinajstić information content (AvgIpc) is 2.00. The van der Waals surface area contributed by atoms with Gasteiger partial charge in [-0.25, -0.2) is 0 Å². The van der Waals surface area contributed by atoms with E-state index in [1.165, 1.54) is 0 Å². The number of ether oxygens (including phenoxy) is 2. The Morgan fingerprint density at radius 1 is 1.33 bits per heavy atom. The fraction of sp³-hybridized carbons (Fsp3) is 0.889. The van der Waals surface area contributed by atoms with Crippen molar-refractivity contribution in [3.8, 4) is 0 Å². The Hall–Kier alpha value is -0.570. The lowest BCUT2D eigenvalue weighted by molar-refractivity contribution is -0.149. The van der Waals surface area contributed by atoms with Gasteiger partial charge in [-0.05, 0) is 27.7 Å². The molecule has 1 atom stereocenters. The smallest absolute Gasteiger partial charge is 0.310 e. The van der Waals surface area contributed by atoms with E-state index in [4.69, 9.17) is 9.47 Å². The summed E-state index contributed by atoms with van der Waals surface area (Å²) in [5.41, 5.74) is 0. The van der Waals surface area contributed by atoms with Gasteiger partial charge in [-0.3, -0.25) is 4.79 Å². The van der Waals surface area contributed by atoms with E-state index in [0.29, 0.717) is 13.2 Å². The van der Waals surface area contributed by atoms with Crippen molar-refractivity contribution in [2.24, 2.45) is 5.92 Å². The zero-order valence-corrected chi connectivity index (χ0v) is 8.29. The summed E-state index contributed by atoms with van der Waals surface area (Å²) in [6.07, 6.45) is 0.168. The summed E-state index contributed by atoms with van der Waals surface area (Å²) in [5, 5.41) is 0. The third-order valence-corrected chi connectivity index (χ3v) is 1.37. The maximum Gasteiger partial charge on any atom is 0.310 e. The lowest BCUT2D eigenvalue weighted by Gasteiger charge is -2.12. The van der Waals surface area contributed by atoms with Crippen molar-refractivity contribution < 1.29 is 14.3 Å². The highest BCUT2D eigenvalue weighted by molar-refractivity contribution is 5.72. The predicted octanol–water partition coefficient (Wildman–Crippen LogP) is 1.61. The molecular weight excluding hydrogens is 156 g/mol. The Morgan fingerprint density at radius 2 is 1.92 bits per heavy atom. The van der Waals surface area contributed by atoms with Crippen LogP contribution < -0.4 is 0 Å². The van der Waals surface area contributed by atoms with Gasteiger partial charge in [-0.15, -0.1) is 0 Å². The summed E-state index contributed by atoms with van der Waals surface area (Å²) in [6.45, 7) is 8.37. The fourth-order valence-corrected chi connectivity index (χ4v) is 0.689. The van der Waals surface area contributed by atoms with E-state index in [1.807, 2.05) is 13.8 Å². The van der Waals surface area contributed by atoms with Crippen molar-refractivity contribution in [3.05, 3.63) is 0 Å². The van der Waals surface area contributed by atoms with Crippen molar-refractivity contribution in [2.45, 2.75) is 33.8 Å². The van der Waals surface area contributed by atoms with Gasteiger partial charge in [0.25, 0.3) is 0 Å². The van der Waals surface area contributed by atoms with Gasteiger partial charge < -0.3 is 9.47 Å². The second-order valence-corrected chi connectivity index (χ2v) is 3.04. The zero-order valence-electron chi connectivity index (χ0n) is 8.29. The van der Waals surface area contributed by atoms with Crippen LogP contribution in [0, 0.1) is 5.92 Å². The summed E-state index contributed by atoms with van der Waals surface area (Å²) >= 11 is 0. The first-order valence-corrected chi connectivity index (χ1v) is 4.36. The maximum absolute atomic E-state index is 11.1. The number of esters is 1. The van der Waals surface area contributed by atoms with Crippen molar-refractivity contribution in [1.82, 2.24) is 0 Å². The highest BCUT2D eigenvalue weighted by Gasteiger charge is 2.14. The predicted molar refractivity (Wildman–Crippen MR) is 46.9 cm³/mol. The second-order valence-electron chi connectivity index (χ2n) is 3.04. The highest BCUT2D eigenvalue weighted by Crippen LogP contribution is 2.01. The average molecular weight is 174 g/mol. The number of hydrogen-bond donors (Lipinski definition) is 0. The first kappa shape index (κ1) is 11.4. The molecule has 0 N–H and O–H groups in total. The van der Waals surface area contributed by atoms with Gasteiger partial charge in [0.2, 0.25) is 0 Å². The SMILES string of the molecule is CCOC(=O)C(C)COC(C)C. The molecule has 0 aliphatic heterocycles. The van der Waals surface area contributed by atoms with Gasteiger partial charge >= 0.3 is 5.97 Å². The van der Waals surface area contributed by atoms with Crippen molar-refractivity contribution >= 4 is 5.97 Å². The van der Waals surface area contributed by atoms with E-state index in [1.54, 1.807) is 13.8 Å². The third kappa shape index (κ3) is 5.13. The lowest BCUT2D eigenvalue weighted by atomic mass is 10.2. The first-order chi connectivity index (χ1) is 5.57. The minimum atomic E-state index is -0.182. The quantitative estimate of drug-likeness (QED) is 0.594.